The van der Waals surface area contributed by atoms with Crippen LogP contribution < -0.4 is 22.8 Å². The summed E-state index contributed by atoms with van der Waals surface area (Å²) in [6.07, 6.45) is 69.4. The van der Waals surface area contributed by atoms with Crippen LogP contribution in [0.3, 0.4) is 0 Å². The first-order valence-corrected chi connectivity index (χ1v) is 47.2. The standard InChI is InChI=1S/C27H37N2.C23H33N2.C21H25N2.C19H37N2.C17H29N2.CH4/c1-18(2)22-11-9-12-23(19(3)4)26(22)28-15-16-29(17-28)27-24(20(5)6)13-10-14-25(27)21(7)8;1-2-25(23-12-19-6-20(13-23)8-21(7-19)14-23)15-24(1)22-9-16-3-17(10-22)5-18(4-16)11-22;1-14-9-16(3)20(17(4)10-14)22-7-8-23(13-22)21-18(5)11-15(2)12-19(21)6;1-16(2,3)13-18(7,8)20-11-12-21(15-20)19(9,10)14-17(4,5)6;1-3-7-16(8-4-1)13-18-11-12-19(15-18)14-17-9-5-2-6-10-17;/h9-21H,1-8H3;1-2,15-21H,3-14H2;7-13H,1-6H3;11-12,15H,13-14H2,1-10H3;11-12,15-17H,1-10,13-14H2;1H4/q5*+1;. The lowest BCUT2D eigenvalue weighted by molar-refractivity contribution is -0.776. The molecule has 5 heterocycles. The van der Waals surface area contributed by atoms with Crippen LogP contribution in [0.25, 0.3) is 22.7 Å². The summed E-state index contributed by atoms with van der Waals surface area (Å²) in [4.78, 5) is 0. The maximum atomic E-state index is 2.73. The van der Waals surface area contributed by atoms with E-state index in [0.717, 1.165) is 60.2 Å². The molecule has 0 aliphatic heterocycles. The summed E-state index contributed by atoms with van der Waals surface area (Å²) >= 11 is 0. The van der Waals surface area contributed by atoms with E-state index in [9.17, 15) is 0 Å². The molecule has 10 heteroatoms. The van der Waals surface area contributed by atoms with Gasteiger partial charge >= 0.3 is 0 Å². The number of hydrogen-bond acceptors (Lipinski definition) is 0. The summed E-state index contributed by atoms with van der Waals surface area (Å²) in [5.41, 5.74) is 20.6. The first kappa shape index (κ1) is 90.2. The lowest BCUT2D eigenvalue weighted by Gasteiger charge is -2.55. The molecule has 19 rings (SSSR count). The lowest BCUT2D eigenvalue weighted by atomic mass is 9.53. The Hall–Kier alpha value is -7.07. The zero-order valence-electron chi connectivity index (χ0n) is 78.2. The highest BCUT2D eigenvalue weighted by Crippen LogP contribution is 2.60. The molecule has 0 amide bonds. The largest absolute Gasteiger partial charge is 0.254 e. The number of aromatic nitrogens is 10. The zero-order chi connectivity index (χ0) is 83.8. The van der Waals surface area contributed by atoms with Crippen molar-refractivity contribution in [2.24, 2.45) is 58.2 Å². The predicted octanol–water partition coefficient (Wildman–Crippen LogP) is 26.2. The third kappa shape index (κ3) is 21.3. The average Bonchev–Trinajstić information content (AvgIpc) is 1.39. The van der Waals surface area contributed by atoms with Gasteiger partial charge in [0, 0.05) is 22.3 Å². The van der Waals surface area contributed by atoms with Crippen LogP contribution in [0.2, 0.25) is 0 Å². The highest BCUT2D eigenvalue weighted by molar-refractivity contribution is 5.52. The molecule has 0 N–H and O–H groups in total. The molecule has 118 heavy (non-hydrogen) atoms. The van der Waals surface area contributed by atoms with Crippen LogP contribution in [0.1, 0.15) is 365 Å². The first-order valence-electron chi connectivity index (χ1n) is 47.2. The van der Waals surface area contributed by atoms with Crippen LogP contribution in [0.4, 0.5) is 0 Å². The second-order valence-corrected chi connectivity index (χ2v) is 44.8. The topological polar surface area (TPSA) is 44.0 Å². The van der Waals surface area contributed by atoms with Crippen LogP contribution in [0.5, 0.6) is 0 Å². The molecule has 10 nitrogen and oxygen atoms in total. The van der Waals surface area contributed by atoms with Gasteiger partial charge in [0.2, 0.25) is 19.0 Å². The molecular weight excluding hydrogens is 1440 g/mol. The Morgan fingerprint density at radius 3 is 1.31 bits per heavy atom. The fourth-order valence-electron chi connectivity index (χ4n) is 25.5. The van der Waals surface area contributed by atoms with Gasteiger partial charge in [0.1, 0.15) is 107 Å². The van der Waals surface area contributed by atoms with Gasteiger partial charge in [-0.3, -0.25) is 0 Å². The first-order chi connectivity index (χ1) is 55.3. The quantitative estimate of drug-likeness (QED) is 0.0769. The van der Waals surface area contributed by atoms with Gasteiger partial charge < -0.3 is 0 Å². The molecule has 10 aliphatic rings. The van der Waals surface area contributed by atoms with Gasteiger partial charge in [0.15, 0.2) is 0 Å². The number of nitrogens with zero attached hydrogens (tertiary/aromatic N) is 10. The monoisotopic (exact) mass is 1600 g/mol. The number of imidazole rings is 5. The maximum Gasteiger partial charge on any atom is 0.254 e. The highest BCUT2D eigenvalue weighted by atomic mass is 15.2. The van der Waals surface area contributed by atoms with Crippen molar-refractivity contribution in [3.05, 3.63) is 210 Å². The lowest BCUT2D eigenvalue weighted by Crippen LogP contribution is -2.64. The molecular formula is C108H165N10+5. The molecule has 0 atom stereocenters. The molecule has 10 aliphatic carbocycles. The Balaban J connectivity index is 0.000000136. The Labute approximate surface area is 718 Å². The van der Waals surface area contributed by atoms with Crippen molar-refractivity contribution in [2.75, 3.05) is 0 Å². The zero-order valence-corrected chi connectivity index (χ0v) is 78.2. The molecule has 5 aromatic heterocycles. The van der Waals surface area contributed by atoms with E-state index in [0.29, 0.717) is 45.6 Å². The van der Waals surface area contributed by atoms with E-state index < -0.39 is 0 Å². The van der Waals surface area contributed by atoms with Gasteiger partial charge in [-0.25, -0.2) is 45.7 Å². The van der Waals surface area contributed by atoms with Gasteiger partial charge in [-0.1, -0.05) is 215 Å². The molecule has 0 radical (unpaired) electrons. The molecule has 8 bridgehead atoms. The summed E-state index contributed by atoms with van der Waals surface area (Å²) in [7, 11) is 0. The van der Waals surface area contributed by atoms with Crippen molar-refractivity contribution in [1.29, 1.82) is 0 Å². The Bertz CT molecular complexity index is 4300. The Morgan fingerprint density at radius 2 is 0.847 bits per heavy atom. The van der Waals surface area contributed by atoms with E-state index in [4.69, 9.17) is 0 Å². The van der Waals surface area contributed by atoms with Crippen LogP contribution >= 0.6 is 0 Å². The van der Waals surface area contributed by atoms with Crippen LogP contribution in [-0.2, 0) is 35.2 Å². The summed E-state index contributed by atoms with van der Waals surface area (Å²) in [6.45, 7) is 57.0. The Kier molecular flexibility index (Phi) is 28.2. The highest BCUT2D eigenvalue weighted by Gasteiger charge is 2.58. The maximum absolute atomic E-state index is 2.73. The van der Waals surface area contributed by atoms with E-state index in [1.165, 1.54) is 194 Å². The molecule has 10 saturated carbocycles. The molecule has 0 spiro atoms. The van der Waals surface area contributed by atoms with Gasteiger partial charge in [-0.05, 0) is 289 Å². The molecule has 4 aromatic carbocycles. The third-order valence-corrected chi connectivity index (χ3v) is 29.1. The minimum absolute atomic E-state index is 0. The van der Waals surface area contributed by atoms with E-state index >= 15 is 0 Å². The van der Waals surface area contributed by atoms with Gasteiger partial charge in [-0.2, -0.15) is 0 Å². The van der Waals surface area contributed by atoms with E-state index in [1.54, 1.807) is 38.5 Å². The predicted molar refractivity (Wildman–Crippen MR) is 492 cm³/mol. The van der Waals surface area contributed by atoms with Crippen molar-refractivity contribution in [2.45, 2.75) is 387 Å². The van der Waals surface area contributed by atoms with Crippen LogP contribution in [0, 0.1) is 99.7 Å². The number of aryl methyl sites for hydroxylation is 6. The molecule has 0 saturated heterocycles. The second kappa shape index (κ2) is 36.9. The normalized spacial score (nSPS) is 23.1. The number of rotatable bonds is 18. The van der Waals surface area contributed by atoms with E-state index in [2.05, 4.69) is 366 Å². The minimum Gasteiger partial charge on any atom is -0.237 e. The number of benzene rings is 4. The third-order valence-electron chi connectivity index (χ3n) is 29.1. The van der Waals surface area contributed by atoms with Gasteiger partial charge in [-0.15, -0.1) is 0 Å². The molecule has 10 fully saturated rings. The summed E-state index contributed by atoms with van der Waals surface area (Å²) in [6, 6.07) is 22.5. The van der Waals surface area contributed by atoms with E-state index in [-0.39, 0.29) is 18.5 Å². The summed E-state index contributed by atoms with van der Waals surface area (Å²) < 4.78 is 24.2. The van der Waals surface area contributed by atoms with Gasteiger partial charge in [0.25, 0.3) is 12.7 Å². The number of hydrogen-bond donors (Lipinski definition) is 0. The SMILES string of the molecule is C.CC(C)(C)CC(C)(C)n1cc[n+](C(C)(C)CC(C)(C)C)c1.CC(C)c1cccc(C(C)C)c1-n1cc[n+](-c2c(C(C)C)cccc2C(C)C)c1.Cc1cc(C)c(-n2cc[n+](-c3c(C)cc(C)cc3C)c2)c(C)c1.c1c[n+](C23CC4CC(CC(C4)C2)C3)cn1C12CC3CC(CC(C3)C1)C2.c1c[n+](CC2CCCCC2)cn1CC1CCCCC1. The van der Waals surface area contributed by atoms with Crippen molar-refractivity contribution >= 4 is 0 Å². The van der Waals surface area contributed by atoms with Crippen molar-refractivity contribution in [1.82, 2.24) is 22.8 Å². The van der Waals surface area contributed by atoms with Crippen molar-refractivity contribution < 1.29 is 22.8 Å². The van der Waals surface area contributed by atoms with Crippen LogP contribution in [-0.4, -0.2) is 22.8 Å². The number of para-hydroxylation sites is 2. The summed E-state index contributed by atoms with van der Waals surface area (Å²) in [5, 5.41) is 0. The van der Waals surface area contributed by atoms with Crippen molar-refractivity contribution in [3.8, 4) is 22.7 Å². The van der Waals surface area contributed by atoms with E-state index in [1.807, 2.05) is 0 Å². The molecule has 642 valence electrons. The fourth-order valence-corrected chi connectivity index (χ4v) is 25.5. The Morgan fingerprint density at radius 1 is 0.415 bits per heavy atom. The van der Waals surface area contributed by atoms with Crippen LogP contribution in [0.15, 0.2) is 154 Å². The summed E-state index contributed by atoms with van der Waals surface area (Å²) in [5.74, 6) is 10.0. The smallest absolute Gasteiger partial charge is 0.237 e. The fraction of sp³-hybridized carbons (Fsp3) is 0.639. The molecule has 0 unspecified atom stereocenters. The minimum atomic E-state index is 0. The van der Waals surface area contributed by atoms with Crippen molar-refractivity contribution in [3.63, 3.8) is 0 Å². The average molecular weight is 1600 g/mol. The molecule has 9 aromatic rings. The second-order valence-electron chi connectivity index (χ2n) is 44.8. The van der Waals surface area contributed by atoms with Gasteiger partial charge in [0.05, 0.1) is 13.1 Å².